The lowest BCUT2D eigenvalue weighted by molar-refractivity contribution is 0.0940. The Morgan fingerprint density at radius 1 is 0.963 bits per heavy atom. The van der Waals surface area contributed by atoms with Crippen molar-refractivity contribution >= 4 is 21.8 Å². The molecule has 2 N–H and O–H groups in total. The highest BCUT2D eigenvalue weighted by molar-refractivity contribution is 9.10. The minimum Gasteiger partial charge on any atom is -0.507 e. The van der Waals surface area contributed by atoms with Crippen molar-refractivity contribution in [3.63, 3.8) is 0 Å². The third kappa shape index (κ3) is 5.13. The molecule has 0 fully saturated rings. The summed E-state index contributed by atoms with van der Waals surface area (Å²) in [5, 5.41) is 13.9. The highest BCUT2D eigenvalue weighted by Gasteiger charge is 2.27. The Labute approximate surface area is 171 Å². The number of phenols is 1. The zero-order chi connectivity index (χ0) is 20.6. The minimum absolute atomic E-state index is 0.113. The van der Waals surface area contributed by atoms with Crippen molar-refractivity contribution < 1.29 is 9.90 Å². The lowest BCUT2D eigenvalue weighted by atomic mass is 9.78. The summed E-state index contributed by atoms with van der Waals surface area (Å²) in [5.74, 6) is 0.239. The number of nitrogens with one attached hydrogen (secondary N) is 1. The van der Waals surface area contributed by atoms with Gasteiger partial charge in [-0.05, 0) is 70.8 Å². The Bertz CT molecular complexity index is 792. The molecule has 0 aliphatic rings. The van der Waals surface area contributed by atoms with Crippen LogP contribution in [0.5, 0.6) is 5.75 Å². The van der Waals surface area contributed by atoms with Crippen LogP contribution in [0, 0.1) is 0 Å². The number of rotatable bonds is 3. The first kappa shape index (κ1) is 21.5. The first-order valence-corrected chi connectivity index (χ1v) is 10.0. The molecule has 2 aromatic rings. The van der Waals surface area contributed by atoms with Gasteiger partial charge in [0.05, 0.1) is 6.04 Å². The Hall–Kier alpha value is -1.81. The topological polar surface area (TPSA) is 49.3 Å². The van der Waals surface area contributed by atoms with Gasteiger partial charge in [-0.2, -0.15) is 0 Å². The van der Waals surface area contributed by atoms with Crippen molar-refractivity contribution in [3.05, 3.63) is 63.1 Å². The summed E-state index contributed by atoms with van der Waals surface area (Å²) in [5.41, 5.74) is 3.01. The maximum atomic E-state index is 12.6. The number of benzene rings is 2. The normalized spacial score (nSPS) is 13.3. The molecular weight excluding hydrogens is 402 g/mol. The molecule has 2 aromatic carbocycles. The van der Waals surface area contributed by atoms with Crippen LogP contribution in [-0.2, 0) is 10.8 Å². The summed E-state index contributed by atoms with van der Waals surface area (Å²) < 4.78 is 0.940. The van der Waals surface area contributed by atoms with Crippen LogP contribution in [0.2, 0.25) is 0 Å². The fraction of sp³-hybridized carbons (Fsp3) is 0.435. The molecule has 0 unspecified atom stereocenters. The second kappa shape index (κ2) is 7.67. The number of carbonyl (C=O) groups excluding carboxylic acids is 1. The molecule has 0 bridgehead atoms. The number of aromatic hydroxyl groups is 1. The molecule has 2 rings (SSSR count). The van der Waals surface area contributed by atoms with Crippen LogP contribution < -0.4 is 5.32 Å². The molecule has 0 aliphatic carbocycles. The maximum Gasteiger partial charge on any atom is 0.251 e. The van der Waals surface area contributed by atoms with Crippen molar-refractivity contribution in [1.29, 1.82) is 0 Å². The van der Waals surface area contributed by atoms with E-state index in [0.717, 1.165) is 21.2 Å². The molecule has 0 aromatic heterocycles. The Morgan fingerprint density at radius 3 is 1.81 bits per heavy atom. The van der Waals surface area contributed by atoms with E-state index in [9.17, 15) is 9.90 Å². The third-order valence-corrected chi connectivity index (χ3v) is 5.23. The molecule has 1 amide bonds. The van der Waals surface area contributed by atoms with Gasteiger partial charge in [-0.1, -0.05) is 57.5 Å². The number of amides is 1. The van der Waals surface area contributed by atoms with E-state index < -0.39 is 0 Å². The molecule has 0 saturated carbocycles. The van der Waals surface area contributed by atoms with E-state index in [1.807, 2.05) is 31.2 Å². The van der Waals surface area contributed by atoms with Crippen molar-refractivity contribution in [3.8, 4) is 5.75 Å². The molecular formula is C23H30BrNO2. The number of hydrogen-bond donors (Lipinski definition) is 2. The van der Waals surface area contributed by atoms with Gasteiger partial charge in [0, 0.05) is 10.0 Å². The molecule has 4 heteroatoms. The third-order valence-electron chi connectivity index (χ3n) is 4.70. The van der Waals surface area contributed by atoms with Crippen LogP contribution in [-0.4, -0.2) is 11.0 Å². The number of hydrogen-bond acceptors (Lipinski definition) is 2. The molecule has 0 radical (unpaired) electrons. The number of halogens is 1. The van der Waals surface area contributed by atoms with Crippen LogP contribution in [0.15, 0.2) is 40.9 Å². The van der Waals surface area contributed by atoms with E-state index in [1.165, 1.54) is 0 Å². The fourth-order valence-electron chi connectivity index (χ4n) is 3.01. The first-order chi connectivity index (χ1) is 12.3. The zero-order valence-corrected chi connectivity index (χ0v) is 18.9. The van der Waals surface area contributed by atoms with Crippen LogP contribution in [0.3, 0.4) is 0 Å². The zero-order valence-electron chi connectivity index (χ0n) is 17.3. The highest BCUT2D eigenvalue weighted by Crippen LogP contribution is 2.40. The molecule has 0 aliphatic heterocycles. The maximum absolute atomic E-state index is 12.6. The van der Waals surface area contributed by atoms with Crippen LogP contribution in [0.1, 0.15) is 81.6 Å². The molecule has 1 atom stereocenters. The van der Waals surface area contributed by atoms with Crippen molar-refractivity contribution in [2.45, 2.75) is 65.3 Å². The fourth-order valence-corrected chi connectivity index (χ4v) is 3.28. The molecule has 0 heterocycles. The molecule has 0 spiro atoms. The van der Waals surface area contributed by atoms with E-state index in [4.69, 9.17) is 0 Å². The number of phenolic OH excluding ortho intramolecular Hbond substituents is 1. The predicted octanol–water partition coefficient (Wildman–Crippen LogP) is 6.24. The Morgan fingerprint density at radius 2 is 1.41 bits per heavy atom. The lowest BCUT2D eigenvalue weighted by Crippen LogP contribution is -2.27. The summed E-state index contributed by atoms with van der Waals surface area (Å²) in [4.78, 5) is 12.6. The van der Waals surface area contributed by atoms with Gasteiger partial charge < -0.3 is 10.4 Å². The smallest absolute Gasteiger partial charge is 0.251 e. The summed E-state index contributed by atoms with van der Waals surface area (Å²) in [6, 6.07) is 11.2. The molecule has 146 valence electrons. The van der Waals surface area contributed by atoms with Crippen molar-refractivity contribution in [2.24, 2.45) is 0 Å². The van der Waals surface area contributed by atoms with Crippen molar-refractivity contribution in [1.82, 2.24) is 5.32 Å². The second-order valence-electron chi connectivity index (χ2n) is 9.17. The van der Waals surface area contributed by atoms with Gasteiger partial charge in [0.25, 0.3) is 5.91 Å². The largest absolute Gasteiger partial charge is 0.507 e. The van der Waals surface area contributed by atoms with Gasteiger partial charge in [-0.3, -0.25) is 4.79 Å². The highest BCUT2D eigenvalue weighted by atomic mass is 79.9. The van der Waals surface area contributed by atoms with Gasteiger partial charge in [0.15, 0.2) is 0 Å². The molecule has 3 nitrogen and oxygen atoms in total. The van der Waals surface area contributed by atoms with Gasteiger partial charge in [-0.15, -0.1) is 0 Å². The number of carbonyl (C=O) groups is 1. The van der Waals surface area contributed by atoms with Gasteiger partial charge >= 0.3 is 0 Å². The summed E-state index contributed by atoms with van der Waals surface area (Å²) in [6.45, 7) is 14.5. The lowest BCUT2D eigenvalue weighted by Gasteiger charge is -2.29. The SMILES string of the molecule is C[C@@H](NC(=O)c1ccc(Br)cc1)c1cc(C(C)(C)C)c(O)c(C(C)(C)C)c1. The second-order valence-corrected chi connectivity index (χ2v) is 10.1. The predicted molar refractivity (Wildman–Crippen MR) is 116 cm³/mol. The molecule has 0 saturated heterocycles. The quantitative estimate of drug-likeness (QED) is 0.603. The van der Waals surface area contributed by atoms with Crippen LogP contribution in [0.4, 0.5) is 0 Å². The van der Waals surface area contributed by atoms with Gasteiger partial charge in [-0.25, -0.2) is 0 Å². The molecule has 27 heavy (non-hydrogen) atoms. The minimum atomic E-state index is -0.199. The van der Waals surface area contributed by atoms with Crippen LogP contribution >= 0.6 is 15.9 Å². The monoisotopic (exact) mass is 431 g/mol. The van der Waals surface area contributed by atoms with E-state index in [2.05, 4.69) is 62.8 Å². The Kier molecular flexibility index (Phi) is 6.10. The van der Waals surface area contributed by atoms with E-state index in [-0.39, 0.29) is 22.8 Å². The van der Waals surface area contributed by atoms with Gasteiger partial charge in [0.1, 0.15) is 5.75 Å². The van der Waals surface area contributed by atoms with Crippen molar-refractivity contribution in [2.75, 3.05) is 0 Å². The summed E-state index contributed by atoms with van der Waals surface area (Å²) in [7, 11) is 0. The van der Waals surface area contributed by atoms with E-state index >= 15 is 0 Å². The van der Waals surface area contributed by atoms with Gasteiger partial charge in [0.2, 0.25) is 0 Å². The Balaban J connectivity index is 2.41. The standard InChI is InChI=1S/C23H30BrNO2/c1-14(25-21(27)15-8-10-17(24)11-9-15)16-12-18(22(2,3)4)20(26)19(13-16)23(5,6)7/h8-14,26H,1-7H3,(H,25,27)/t14-/m1/s1. The van der Waals surface area contributed by atoms with E-state index in [1.54, 1.807) is 12.1 Å². The van der Waals surface area contributed by atoms with E-state index in [0.29, 0.717) is 11.3 Å². The summed E-state index contributed by atoms with van der Waals surface area (Å²) in [6.07, 6.45) is 0. The average molecular weight is 432 g/mol. The first-order valence-electron chi connectivity index (χ1n) is 9.25. The summed E-state index contributed by atoms with van der Waals surface area (Å²) >= 11 is 3.39. The van der Waals surface area contributed by atoms with Crippen LogP contribution in [0.25, 0.3) is 0 Å². The average Bonchev–Trinajstić information content (AvgIpc) is 2.53.